The molecule has 2 aromatic heterocycles. The summed E-state index contributed by atoms with van der Waals surface area (Å²) in [4.78, 5) is 14.0. The Labute approximate surface area is 122 Å². The van der Waals surface area contributed by atoms with Gasteiger partial charge in [0.1, 0.15) is 0 Å². The van der Waals surface area contributed by atoms with Gasteiger partial charge >= 0.3 is 0 Å². The van der Waals surface area contributed by atoms with E-state index in [1.54, 1.807) is 39.9 Å². The number of carbonyl (C=O) groups is 1. The first-order chi connectivity index (χ1) is 9.47. The molecule has 0 aliphatic heterocycles. The molecule has 108 valence electrons. The van der Waals surface area contributed by atoms with Crippen LogP contribution >= 0.6 is 11.6 Å². The van der Waals surface area contributed by atoms with E-state index < -0.39 is 0 Å². The average Bonchev–Trinajstić information content (AvgIpc) is 2.98. The third kappa shape index (κ3) is 3.39. The van der Waals surface area contributed by atoms with Crippen molar-refractivity contribution < 1.29 is 4.79 Å². The van der Waals surface area contributed by atoms with Crippen LogP contribution < -0.4 is 0 Å². The number of aryl methyl sites for hydroxylation is 1. The van der Waals surface area contributed by atoms with Crippen LogP contribution in [-0.2, 0) is 24.9 Å². The summed E-state index contributed by atoms with van der Waals surface area (Å²) in [5, 5.41) is 8.76. The first-order valence-corrected chi connectivity index (χ1v) is 6.75. The van der Waals surface area contributed by atoms with Crippen LogP contribution in [0.1, 0.15) is 12.6 Å². The van der Waals surface area contributed by atoms with Crippen LogP contribution in [0.2, 0.25) is 5.02 Å². The lowest BCUT2D eigenvalue weighted by Crippen LogP contribution is -2.33. The third-order valence-electron chi connectivity index (χ3n) is 3.18. The number of nitrogens with zero attached hydrogens (tertiary/aromatic N) is 5. The molecule has 7 heteroatoms. The molecule has 20 heavy (non-hydrogen) atoms. The smallest absolute Gasteiger partial charge is 0.227 e. The molecular weight excluding hydrogens is 278 g/mol. The molecule has 0 saturated carbocycles. The van der Waals surface area contributed by atoms with Crippen molar-refractivity contribution in [3.63, 3.8) is 0 Å². The highest BCUT2D eigenvalue weighted by Gasteiger charge is 2.19. The molecule has 2 heterocycles. The molecule has 1 atom stereocenters. The van der Waals surface area contributed by atoms with Crippen molar-refractivity contribution in [2.75, 3.05) is 7.05 Å². The molecule has 0 fully saturated rings. The molecule has 2 rings (SSSR count). The first kappa shape index (κ1) is 14.6. The lowest BCUT2D eigenvalue weighted by molar-refractivity contribution is -0.134. The van der Waals surface area contributed by atoms with E-state index in [-0.39, 0.29) is 11.8 Å². The minimum atomic E-state index is -0.163. The van der Waals surface area contributed by atoms with Gasteiger partial charge in [-0.3, -0.25) is 14.2 Å². The Balaban J connectivity index is 1.94. The van der Waals surface area contributed by atoms with Crippen LogP contribution in [0.15, 0.2) is 24.7 Å². The van der Waals surface area contributed by atoms with E-state index >= 15 is 0 Å². The van der Waals surface area contributed by atoms with Crippen molar-refractivity contribution in [2.45, 2.75) is 20.0 Å². The number of hydrogen-bond donors (Lipinski definition) is 0. The van der Waals surface area contributed by atoms with Gasteiger partial charge in [0.15, 0.2) is 0 Å². The summed E-state index contributed by atoms with van der Waals surface area (Å²) in [5.74, 6) is -0.0954. The highest BCUT2D eigenvalue weighted by Crippen LogP contribution is 2.11. The summed E-state index contributed by atoms with van der Waals surface area (Å²) < 4.78 is 3.45. The zero-order valence-corrected chi connectivity index (χ0v) is 12.6. The number of carbonyl (C=O) groups excluding carboxylic acids is 1. The molecule has 0 radical (unpaired) electrons. The van der Waals surface area contributed by atoms with E-state index in [9.17, 15) is 4.79 Å². The summed E-state index contributed by atoms with van der Waals surface area (Å²) >= 11 is 5.81. The van der Waals surface area contributed by atoms with E-state index in [1.165, 1.54) is 0 Å². The summed E-state index contributed by atoms with van der Waals surface area (Å²) in [6, 6.07) is 1.90. The van der Waals surface area contributed by atoms with Crippen LogP contribution in [0, 0.1) is 5.92 Å². The summed E-state index contributed by atoms with van der Waals surface area (Å²) in [7, 11) is 3.66. The molecule has 0 aliphatic rings. The van der Waals surface area contributed by atoms with E-state index in [0.29, 0.717) is 18.1 Å². The van der Waals surface area contributed by atoms with Crippen LogP contribution in [-0.4, -0.2) is 37.4 Å². The predicted octanol–water partition coefficient (Wildman–Crippen LogP) is 1.56. The number of hydrogen-bond acceptors (Lipinski definition) is 3. The first-order valence-electron chi connectivity index (χ1n) is 6.37. The molecule has 1 unspecified atom stereocenters. The van der Waals surface area contributed by atoms with Gasteiger partial charge < -0.3 is 4.90 Å². The van der Waals surface area contributed by atoms with Gasteiger partial charge in [-0.1, -0.05) is 18.5 Å². The monoisotopic (exact) mass is 295 g/mol. The normalized spacial score (nSPS) is 12.4. The molecule has 0 N–H and O–H groups in total. The topological polar surface area (TPSA) is 56.0 Å². The second kappa shape index (κ2) is 6.09. The minimum absolute atomic E-state index is 0.0674. The minimum Gasteiger partial charge on any atom is -0.340 e. The lowest BCUT2D eigenvalue weighted by atomic mass is 10.1. The summed E-state index contributed by atoms with van der Waals surface area (Å²) in [5.41, 5.74) is 0.996. The Bertz CT molecular complexity index is 591. The Hall–Kier alpha value is -1.82. The highest BCUT2D eigenvalue weighted by atomic mass is 35.5. The van der Waals surface area contributed by atoms with Crippen molar-refractivity contribution in [3.05, 3.63) is 35.4 Å². The van der Waals surface area contributed by atoms with Crippen molar-refractivity contribution in [1.29, 1.82) is 0 Å². The number of rotatable bonds is 5. The molecule has 0 spiro atoms. The van der Waals surface area contributed by atoms with Gasteiger partial charge in [-0.05, 0) is 6.07 Å². The molecule has 0 aliphatic carbocycles. The third-order valence-corrected chi connectivity index (χ3v) is 3.38. The standard InChI is InChI=1S/C13H18ClN5O/c1-10(7-19-8-11(14)6-16-19)13(20)17(2)9-12-4-5-15-18(12)3/h4-6,8,10H,7,9H2,1-3H3. The largest absolute Gasteiger partial charge is 0.340 e. The second-order valence-corrected chi connectivity index (χ2v) is 5.36. The van der Waals surface area contributed by atoms with Crippen molar-refractivity contribution in [2.24, 2.45) is 13.0 Å². The van der Waals surface area contributed by atoms with Crippen LogP contribution in [0.5, 0.6) is 0 Å². The van der Waals surface area contributed by atoms with Gasteiger partial charge in [-0.15, -0.1) is 0 Å². The molecule has 1 amide bonds. The van der Waals surface area contributed by atoms with Gasteiger partial charge in [0, 0.05) is 26.5 Å². The van der Waals surface area contributed by atoms with E-state index in [2.05, 4.69) is 10.2 Å². The van der Waals surface area contributed by atoms with E-state index in [1.807, 2.05) is 20.0 Å². The molecule has 0 saturated heterocycles. The Morgan fingerprint density at radius 3 is 2.80 bits per heavy atom. The maximum atomic E-state index is 12.3. The van der Waals surface area contributed by atoms with Crippen LogP contribution in [0.4, 0.5) is 0 Å². The predicted molar refractivity (Wildman–Crippen MR) is 76.1 cm³/mol. The molecule has 2 aromatic rings. The second-order valence-electron chi connectivity index (χ2n) is 4.92. The van der Waals surface area contributed by atoms with Gasteiger partial charge in [0.05, 0.1) is 35.9 Å². The molecule has 0 aromatic carbocycles. The number of halogens is 1. The quantitative estimate of drug-likeness (QED) is 0.841. The summed E-state index contributed by atoms with van der Waals surface area (Å²) in [6.45, 7) is 2.94. The lowest BCUT2D eigenvalue weighted by Gasteiger charge is -2.21. The van der Waals surface area contributed by atoms with Gasteiger partial charge in [0.25, 0.3) is 0 Å². The fourth-order valence-corrected chi connectivity index (χ4v) is 2.21. The Morgan fingerprint density at radius 1 is 1.50 bits per heavy atom. The highest BCUT2D eigenvalue weighted by molar-refractivity contribution is 6.30. The molecule has 6 nitrogen and oxygen atoms in total. The van der Waals surface area contributed by atoms with Gasteiger partial charge in [-0.25, -0.2) is 0 Å². The van der Waals surface area contributed by atoms with Crippen molar-refractivity contribution >= 4 is 17.5 Å². The summed E-state index contributed by atoms with van der Waals surface area (Å²) in [6.07, 6.45) is 5.01. The fourth-order valence-electron chi connectivity index (χ4n) is 2.05. The van der Waals surface area contributed by atoms with Crippen molar-refractivity contribution in [1.82, 2.24) is 24.5 Å². The maximum Gasteiger partial charge on any atom is 0.227 e. The van der Waals surface area contributed by atoms with Crippen LogP contribution in [0.25, 0.3) is 0 Å². The molecular formula is C13H18ClN5O. The SMILES string of the molecule is CC(Cn1cc(Cl)cn1)C(=O)N(C)Cc1ccnn1C. The average molecular weight is 296 g/mol. The number of amides is 1. The van der Waals surface area contributed by atoms with Gasteiger partial charge in [0.2, 0.25) is 5.91 Å². The Morgan fingerprint density at radius 2 is 2.25 bits per heavy atom. The number of aromatic nitrogens is 4. The van der Waals surface area contributed by atoms with E-state index in [4.69, 9.17) is 11.6 Å². The Kier molecular flexibility index (Phi) is 4.44. The zero-order chi connectivity index (χ0) is 14.7. The zero-order valence-electron chi connectivity index (χ0n) is 11.8. The van der Waals surface area contributed by atoms with Crippen molar-refractivity contribution in [3.8, 4) is 0 Å². The molecule has 0 bridgehead atoms. The van der Waals surface area contributed by atoms with Gasteiger partial charge in [-0.2, -0.15) is 10.2 Å². The van der Waals surface area contributed by atoms with Crippen LogP contribution in [0.3, 0.4) is 0 Å². The maximum absolute atomic E-state index is 12.3. The van der Waals surface area contributed by atoms with E-state index in [0.717, 1.165) is 5.69 Å². The fraction of sp³-hybridized carbons (Fsp3) is 0.462.